The number of carbonyl (C=O) groups excluding carboxylic acids is 6. The van der Waals surface area contributed by atoms with Crippen LogP contribution in [0.1, 0.15) is 75.2 Å². The molecule has 0 radical (unpaired) electrons. The Morgan fingerprint density at radius 1 is 0.857 bits per heavy atom. The van der Waals surface area contributed by atoms with Crippen molar-refractivity contribution in [1.82, 2.24) is 43.7 Å². The van der Waals surface area contributed by atoms with E-state index in [0.29, 0.717) is 70.0 Å². The van der Waals surface area contributed by atoms with E-state index < -0.39 is 29.5 Å². The Balaban J connectivity index is 1.13. The molecule has 70 heavy (non-hydrogen) atoms. The number of anilines is 1. The molecule has 5 aromatic heterocycles. The Morgan fingerprint density at radius 3 is 2.24 bits per heavy atom. The summed E-state index contributed by atoms with van der Waals surface area (Å²) in [5.41, 5.74) is 16.8. The predicted molar refractivity (Wildman–Crippen MR) is 258 cm³/mol. The van der Waals surface area contributed by atoms with Gasteiger partial charge in [-0.2, -0.15) is 5.10 Å². The van der Waals surface area contributed by atoms with Crippen LogP contribution in [-0.2, 0) is 40.4 Å². The summed E-state index contributed by atoms with van der Waals surface area (Å²) in [5, 5.41) is 8.98. The van der Waals surface area contributed by atoms with E-state index in [1.807, 2.05) is 60.4 Å². The molecule has 0 aliphatic carbocycles. The molecule has 0 spiro atoms. The number of methoxy groups -OCH3 is 1. The number of aromatic nitrogens is 7. The molecule has 7 aromatic rings. The summed E-state index contributed by atoms with van der Waals surface area (Å²) in [7, 11) is 3.13. The van der Waals surface area contributed by atoms with Gasteiger partial charge in [-0.25, -0.2) is 15.0 Å². The summed E-state index contributed by atoms with van der Waals surface area (Å²) < 4.78 is 23.5. The first-order valence-electron chi connectivity index (χ1n) is 22.6. The zero-order valence-corrected chi connectivity index (χ0v) is 39.6. The number of nitrogens with one attached hydrogen (secondary N) is 1. The molecule has 0 fully saturated rings. The van der Waals surface area contributed by atoms with E-state index in [0.717, 1.165) is 21.7 Å². The van der Waals surface area contributed by atoms with E-state index >= 15 is 0 Å². The molecule has 2 aromatic carbocycles. The first-order chi connectivity index (χ1) is 33.6. The molecule has 0 saturated heterocycles. The van der Waals surface area contributed by atoms with E-state index in [4.69, 9.17) is 35.3 Å². The number of primary amides is 2. The third-order valence-corrected chi connectivity index (χ3v) is 11.9. The van der Waals surface area contributed by atoms with E-state index in [1.54, 1.807) is 30.7 Å². The van der Waals surface area contributed by atoms with Crippen molar-refractivity contribution in [1.29, 1.82) is 0 Å². The van der Waals surface area contributed by atoms with Crippen LogP contribution in [0.3, 0.4) is 0 Å². The second kappa shape index (κ2) is 19.9. The minimum Gasteiger partial charge on any atom is -0.495 e. The first kappa shape index (κ1) is 47.9. The van der Waals surface area contributed by atoms with Crippen LogP contribution in [0.4, 0.5) is 5.95 Å². The number of pyridine rings is 1. The van der Waals surface area contributed by atoms with Gasteiger partial charge in [-0.05, 0) is 69.2 Å². The number of imidazole rings is 1. The highest BCUT2D eigenvalue weighted by atomic mass is 16.5. The molecule has 21 heteroatoms. The number of allylic oxidation sites excluding steroid dienone is 2. The molecule has 0 atom stereocenters. The fourth-order valence-electron chi connectivity index (χ4n) is 8.49. The summed E-state index contributed by atoms with van der Waals surface area (Å²) in [5.74, 6) is -2.01. The van der Waals surface area contributed by atoms with E-state index in [2.05, 4.69) is 15.4 Å². The zero-order chi connectivity index (χ0) is 50.0. The van der Waals surface area contributed by atoms with Gasteiger partial charge < -0.3 is 39.4 Å². The summed E-state index contributed by atoms with van der Waals surface area (Å²) in [6, 6.07) is 12.2. The molecule has 0 saturated carbocycles. The lowest BCUT2D eigenvalue weighted by Gasteiger charge is -2.19. The third kappa shape index (κ3) is 9.45. The molecule has 1 aliphatic rings. The molecule has 5 N–H and O–H groups in total. The van der Waals surface area contributed by atoms with Crippen LogP contribution in [0, 0.1) is 13.8 Å². The standard InChI is InChI=1S/C49H52N12O9/c1-7-33-44(70-28(4)52-33)48(67)55-49-54-35-24-30(46(51)66)26-38(69-21-11-17-57(5)39(62)16-20-58-40(63)14-15-41(58)64)43(35)60(49)19-10-9-18-59-42-32(23-29(45(50)65)25-37(42)68-6)31-12-13-34(53-47(31)59)36-22-27(3)56-61(36)8-2/h9-10,12-15,22-26H,7-8,11,16-21H2,1-6H3,(H2,50,65)(H2,51,66)(H,54,55,67)/b10-9+. The maximum absolute atomic E-state index is 13.9. The van der Waals surface area contributed by atoms with Crippen molar-refractivity contribution >= 4 is 74.4 Å². The molecule has 6 heterocycles. The second-order valence-electron chi connectivity index (χ2n) is 16.6. The van der Waals surface area contributed by atoms with Crippen molar-refractivity contribution in [2.75, 3.05) is 39.2 Å². The number of carbonyl (C=O) groups is 6. The van der Waals surface area contributed by atoms with Gasteiger partial charge in [0.1, 0.15) is 22.7 Å². The maximum Gasteiger partial charge on any atom is 0.295 e. The summed E-state index contributed by atoms with van der Waals surface area (Å²) in [4.78, 5) is 92.6. The van der Waals surface area contributed by atoms with Crippen LogP contribution in [-0.4, -0.2) is 113 Å². The number of nitrogens with two attached hydrogens (primary N) is 2. The topological polar surface area (TPSA) is 271 Å². The number of imide groups is 1. The molecule has 362 valence electrons. The summed E-state index contributed by atoms with van der Waals surface area (Å²) in [6.07, 6.45) is 6.88. The SMILES string of the molecule is CCc1nc(C)oc1C(=O)Nc1nc2cc(C(N)=O)cc(OCCCN(C)C(=O)CCN3C(=O)C=CC3=O)c2n1C/C=C/Cn1c2nc(-c3cc(C)nn3CC)ccc2c2cc(C(N)=O)cc(OC)c21. The molecule has 8 rings (SSSR count). The minimum absolute atomic E-state index is 0.0289. The second-order valence-corrected chi connectivity index (χ2v) is 16.6. The molecule has 6 amide bonds. The van der Waals surface area contributed by atoms with Crippen LogP contribution in [0.15, 0.2) is 71.2 Å². The average molecular weight is 953 g/mol. The lowest BCUT2D eigenvalue weighted by atomic mass is 10.1. The lowest BCUT2D eigenvalue weighted by molar-refractivity contribution is -0.138. The van der Waals surface area contributed by atoms with Gasteiger partial charge in [0, 0.05) is 87.2 Å². The Morgan fingerprint density at radius 2 is 1.56 bits per heavy atom. The van der Waals surface area contributed by atoms with Gasteiger partial charge in [0.2, 0.25) is 29.4 Å². The maximum atomic E-state index is 13.9. The largest absolute Gasteiger partial charge is 0.495 e. The Labute approximate surface area is 400 Å². The monoisotopic (exact) mass is 952 g/mol. The fraction of sp³-hybridized carbons (Fsp3) is 0.306. The number of nitrogens with zero attached hydrogens (tertiary/aromatic N) is 9. The van der Waals surface area contributed by atoms with Crippen molar-refractivity contribution in [2.24, 2.45) is 11.5 Å². The predicted octanol–water partition coefficient (Wildman–Crippen LogP) is 4.85. The highest BCUT2D eigenvalue weighted by Crippen LogP contribution is 2.37. The molecular weight excluding hydrogens is 901 g/mol. The Kier molecular flexibility index (Phi) is 13.6. The average Bonchev–Trinajstić information content (AvgIpc) is 4.16. The van der Waals surface area contributed by atoms with Crippen LogP contribution >= 0.6 is 0 Å². The van der Waals surface area contributed by atoms with Gasteiger partial charge >= 0.3 is 0 Å². The van der Waals surface area contributed by atoms with Gasteiger partial charge in [-0.15, -0.1) is 0 Å². The molecular formula is C49H52N12O9. The lowest BCUT2D eigenvalue weighted by Crippen LogP contribution is -2.36. The highest BCUT2D eigenvalue weighted by molar-refractivity contribution is 6.13. The molecule has 0 unspecified atom stereocenters. The number of fused-ring (bicyclic) bond motifs is 4. The third-order valence-electron chi connectivity index (χ3n) is 11.9. The van der Waals surface area contributed by atoms with Crippen molar-refractivity contribution in [2.45, 2.75) is 66.6 Å². The zero-order valence-electron chi connectivity index (χ0n) is 39.6. The van der Waals surface area contributed by atoms with Gasteiger partial charge in [0.25, 0.3) is 17.7 Å². The number of oxazole rings is 1. The van der Waals surface area contributed by atoms with Crippen LogP contribution in [0.25, 0.3) is 44.4 Å². The quantitative estimate of drug-likeness (QED) is 0.0525. The number of benzene rings is 2. The smallest absolute Gasteiger partial charge is 0.295 e. The van der Waals surface area contributed by atoms with E-state index in [9.17, 15) is 28.8 Å². The molecule has 1 aliphatic heterocycles. The highest BCUT2D eigenvalue weighted by Gasteiger charge is 2.26. The van der Waals surface area contributed by atoms with Gasteiger partial charge in [0.05, 0.1) is 47.5 Å². The van der Waals surface area contributed by atoms with Gasteiger partial charge in [-0.1, -0.05) is 19.1 Å². The number of rotatable bonds is 20. The van der Waals surface area contributed by atoms with Crippen molar-refractivity contribution < 1.29 is 42.7 Å². The van der Waals surface area contributed by atoms with Crippen molar-refractivity contribution in [3.8, 4) is 22.9 Å². The fourth-order valence-corrected chi connectivity index (χ4v) is 8.49. The number of aryl methyl sites for hydroxylation is 4. The van der Waals surface area contributed by atoms with E-state index in [1.165, 1.54) is 36.3 Å². The number of hydrogen-bond donors (Lipinski definition) is 3. The van der Waals surface area contributed by atoms with E-state index in [-0.39, 0.29) is 73.7 Å². The first-order valence-corrected chi connectivity index (χ1v) is 22.6. The van der Waals surface area contributed by atoms with Crippen LogP contribution in [0.5, 0.6) is 11.5 Å². The number of ether oxygens (including phenoxy) is 2. The molecule has 0 bridgehead atoms. The minimum atomic E-state index is -0.734. The normalized spacial score (nSPS) is 12.6. The van der Waals surface area contributed by atoms with Crippen molar-refractivity contribution in [3.05, 3.63) is 101 Å². The number of hydrogen-bond acceptors (Lipinski definition) is 13. The summed E-state index contributed by atoms with van der Waals surface area (Å²) in [6.45, 7) is 8.78. The number of amides is 6. The van der Waals surface area contributed by atoms with Gasteiger partial charge in [0.15, 0.2) is 5.89 Å². The Bertz CT molecular complexity index is 3300. The van der Waals surface area contributed by atoms with Crippen LogP contribution < -0.4 is 26.3 Å². The van der Waals surface area contributed by atoms with Gasteiger partial charge in [-0.3, -0.25) is 43.7 Å². The van der Waals surface area contributed by atoms with Crippen molar-refractivity contribution in [3.63, 3.8) is 0 Å². The molecule has 21 nitrogen and oxygen atoms in total. The van der Waals surface area contributed by atoms with Crippen LogP contribution in [0.2, 0.25) is 0 Å². The summed E-state index contributed by atoms with van der Waals surface area (Å²) >= 11 is 0. The Hall–Kier alpha value is -8.62.